The Morgan fingerprint density at radius 1 is 1.21 bits per heavy atom. The lowest BCUT2D eigenvalue weighted by Gasteiger charge is -2.12. The van der Waals surface area contributed by atoms with Crippen LogP contribution >= 0.6 is 11.8 Å². The maximum Gasteiger partial charge on any atom is 0.335 e. The molecule has 0 bridgehead atoms. The van der Waals surface area contributed by atoms with Gasteiger partial charge >= 0.3 is 5.97 Å². The fourth-order valence-electron chi connectivity index (χ4n) is 2.51. The van der Waals surface area contributed by atoms with E-state index in [4.69, 9.17) is 5.11 Å². The number of carbonyl (C=O) groups excluding carboxylic acids is 1. The number of benzene rings is 2. The number of carboxylic acid groups (broad SMARTS) is 1. The Bertz CT molecular complexity index is 1040. The third-order valence-electron chi connectivity index (χ3n) is 3.94. The average molecular weight is 409 g/mol. The highest BCUT2D eigenvalue weighted by atomic mass is 32.2. The van der Waals surface area contributed by atoms with Crippen LogP contribution in [0.1, 0.15) is 15.9 Å². The fraction of sp³-hybridized carbons (Fsp3) is 0.0500. The highest BCUT2D eigenvalue weighted by Gasteiger charge is 2.32. The number of nitro groups is 1. The van der Waals surface area contributed by atoms with E-state index in [-0.39, 0.29) is 23.7 Å². The third-order valence-corrected chi connectivity index (χ3v) is 4.95. The number of aromatic carboxylic acids is 1. The van der Waals surface area contributed by atoms with Gasteiger partial charge in [-0.25, -0.2) is 9.79 Å². The first-order valence-electron chi connectivity index (χ1n) is 8.38. The number of hydrogen-bond acceptors (Lipinski definition) is 6. The van der Waals surface area contributed by atoms with Crippen molar-refractivity contribution < 1.29 is 19.6 Å². The Morgan fingerprint density at radius 2 is 1.86 bits per heavy atom. The van der Waals surface area contributed by atoms with E-state index in [2.05, 4.69) is 11.6 Å². The Labute approximate surface area is 170 Å². The van der Waals surface area contributed by atoms with E-state index < -0.39 is 10.9 Å². The average Bonchev–Trinajstić information content (AvgIpc) is 2.98. The molecule has 0 radical (unpaired) electrons. The highest BCUT2D eigenvalue weighted by molar-refractivity contribution is 8.18. The summed E-state index contributed by atoms with van der Waals surface area (Å²) in [5, 5.41) is 20.2. The lowest BCUT2D eigenvalue weighted by Crippen LogP contribution is -2.29. The summed E-state index contributed by atoms with van der Waals surface area (Å²) in [5.41, 5.74) is 1.27. The number of carboxylic acids is 1. The van der Waals surface area contributed by atoms with Crippen LogP contribution in [0.4, 0.5) is 11.4 Å². The maximum absolute atomic E-state index is 12.7. The molecule has 1 N–H and O–H groups in total. The summed E-state index contributed by atoms with van der Waals surface area (Å²) in [4.78, 5) is 40.3. The van der Waals surface area contributed by atoms with E-state index >= 15 is 0 Å². The molecule has 29 heavy (non-hydrogen) atoms. The second kappa shape index (κ2) is 8.53. The van der Waals surface area contributed by atoms with Crippen LogP contribution in [0, 0.1) is 10.1 Å². The number of hydrogen-bond donors (Lipinski definition) is 1. The number of non-ortho nitro benzene ring substituents is 1. The van der Waals surface area contributed by atoms with Crippen LogP contribution in [0.5, 0.6) is 0 Å². The molecule has 8 nitrogen and oxygen atoms in total. The van der Waals surface area contributed by atoms with E-state index in [0.717, 1.165) is 0 Å². The van der Waals surface area contributed by atoms with Gasteiger partial charge in [0.25, 0.3) is 11.6 Å². The monoisotopic (exact) mass is 409 g/mol. The molecule has 2 aromatic carbocycles. The molecule has 1 amide bonds. The molecule has 0 unspecified atom stereocenters. The molecule has 9 heteroatoms. The molecular formula is C20H15N3O5S. The summed E-state index contributed by atoms with van der Waals surface area (Å²) >= 11 is 1.17. The van der Waals surface area contributed by atoms with Gasteiger partial charge in [-0.15, -0.1) is 6.58 Å². The Hall–Kier alpha value is -3.72. The molecule has 1 heterocycles. The minimum absolute atomic E-state index is 0.0297. The largest absolute Gasteiger partial charge is 0.478 e. The van der Waals surface area contributed by atoms with Crippen molar-refractivity contribution >= 4 is 46.3 Å². The molecule has 1 fully saturated rings. The van der Waals surface area contributed by atoms with Gasteiger partial charge in [0.1, 0.15) is 0 Å². The number of amidine groups is 1. The molecule has 0 atom stereocenters. The number of aliphatic imine (C=N–C) groups is 1. The number of thioether (sulfide) groups is 1. The SMILES string of the molecule is C=CCN1C(=O)/C(=C/c2ccc([N+](=O)[O-])cc2)SC1=Nc1ccc(C(=O)O)cc1. The van der Waals surface area contributed by atoms with E-state index in [0.29, 0.717) is 21.3 Å². The molecule has 0 saturated carbocycles. The lowest BCUT2D eigenvalue weighted by atomic mass is 10.2. The van der Waals surface area contributed by atoms with Crippen molar-refractivity contribution in [3.8, 4) is 0 Å². The summed E-state index contributed by atoms with van der Waals surface area (Å²) in [7, 11) is 0. The zero-order valence-corrected chi connectivity index (χ0v) is 15.8. The lowest BCUT2D eigenvalue weighted by molar-refractivity contribution is -0.384. The molecule has 0 aliphatic carbocycles. The molecular weight excluding hydrogens is 394 g/mol. The van der Waals surface area contributed by atoms with E-state index in [1.807, 2.05) is 0 Å². The van der Waals surface area contributed by atoms with Gasteiger partial charge in [-0.05, 0) is 59.8 Å². The van der Waals surface area contributed by atoms with Crippen molar-refractivity contribution in [1.82, 2.24) is 4.90 Å². The smallest absolute Gasteiger partial charge is 0.335 e. The summed E-state index contributed by atoms with van der Waals surface area (Å²) in [6.45, 7) is 3.92. The molecule has 1 aliphatic heterocycles. The summed E-state index contributed by atoms with van der Waals surface area (Å²) < 4.78 is 0. The van der Waals surface area contributed by atoms with Crippen molar-refractivity contribution in [2.24, 2.45) is 4.99 Å². The van der Waals surface area contributed by atoms with E-state index in [1.54, 1.807) is 36.4 Å². The van der Waals surface area contributed by atoms with Crippen molar-refractivity contribution in [3.05, 3.63) is 87.3 Å². The molecule has 146 valence electrons. The van der Waals surface area contributed by atoms with Crippen LogP contribution in [-0.2, 0) is 4.79 Å². The second-order valence-corrected chi connectivity index (χ2v) is 6.92. The van der Waals surface area contributed by atoms with Gasteiger partial charge in [0.05, 0.1) is 21.1 Å². The van der Waals surface area contributed by atoms with Gasteiger partial charge in [0.2, 0.25) is 0 Å². The topological polar surface area (TPSA) is 113 Å². The van der Waals surface area contributed by atoms with Crippen molar-refractivity contribution in [3.63, 3.8) is 0 Å². The van der Waals surface area contributed by atoms with Crippen LogP contribution in [-0.4, -0.2) is 38.5 Å². The number of nitro benzene ring substituents is 1. The number of carbonyl (C=O) groups is 2. The molecule has 0 spiro atoms. The minimum Gasteiger partial charge on any atom is -0.478 e. The van der Waals surface area contributed by atoms with Gasteiger partial charge in [-0.2, -0.15) is 0 Å². The zero-order chi connectivity index (χ0) is 21.0. The van der Waals surface area contributed by atoms with Gasteiger partial charge < -0.3 is 5.11 Å². The molecule has 0 aromatic heterocycles. The third kappa shape index (κ3) is 4.58. The van der Waals surface area contributed by atoms with Crippen LogP contribution < -0.4 is 0 Å². The zero-order valence-electron chi connectivity index (χ0n) is 15.0. The highest BCUT2D eigenvalue weighted by Crippen LogP contribution is 2.34. The number of rotatable bonds is 6. The normalized spacial score (nSPS) is 16.4. The van der Waals surface area contributed by atoms with Crippen LogP contribution in [0.15, 0.2) is 71.1 Å². The summed E-state index contributed by atoms with van der Waals surface area (Å²) in [6, 6.07) is 11.9. The van der Waals surface area contributed by atoms with Gasteiger partial charge in [0.15, 0.2) is 5.17 Å². The first-order chi connectivity index (χ1) is 13.9. The van der Waals surface area contributed by atoms with Crippen molar-refractivity contribution in [1.29, 1.82) is 0 Å². The first kappa shape index (κ1) is 20.0. The standard InChI is InChI=1S/C20H15N3O5S/c1-2-11-22-18(24)17(12-13-3-9-16(10-4-13)23(27)28)29-20(22)21-15-7-5-14(6-8-15)19(25)26/h2-10,12H,1,11H2,(H,25,26)/b17-12-,21-20?. The first-order valence-corrected chi connectivity index (χ1v) is 9.19. The quantitative estimate of drug-likeness (QED) is 0.333. The summed E-state index contributed by atoms with van der Waals surface area (Å²) in [6.07, 6.45) is 3.22. The molecule has 3 rings (SSSR count). The van der Waals surface area contributed by atoms with Crippen LogP contribution in [0.2, 0.25) is 0 Å². The molecule has 2 aromatic rings. The Morgan fingerprint density at radius 3 is 2.41 bits per heavy atom. The fourth-order valence-corrected chi connectivity index (χ4v) is 3.52. The van der Waals surface area contributed by atoms with Crippen molar-refractivity contribution in [2.75, 3.05) is 6.54 Å². The number of nitrogens with zero attached hydrogens (tertiary/aromatic N) is 3. The molecule has 1 aliphatic rings. The van der Waals surface area contributed by atoms with Gasteiger partial charge in [-0.1, -0.05) is 6.08 Å². The van der Waals surface area contributed by atoms with Crippen molar-refractivity contribution in [2.45, 2.75) is 0 Å². The maximum atomic E-state index is 12.7. The Kier molecular flexibility index (Phi) is 5.89. The predicted molar refractivity (Wildman–Crippen MR) is 111 cm³/mol. The van der Waals surface area contributed by atoms with E-state index in [9.17, 15) is 19.7 Å². The van der Waals surface area contributed by atoms with Crippen LogP contribution in [0.25, 0.3) is 6.08 Å². The second-order valence-electron chi connectivity index (χ2n) is 5.91. The van der Waals surface area contributed by atoms with Gasteiger partial charge in [-0.3, -0.25) is 19.8 Å². The Balaban J connectivity index is 1.90. The van der Waals surface area contributed by atoms with Crippen LogP contribution in [0.3, 0.4) is 0 Å². The number of amides is 1. The predicted octanol–water partition coefficient (Wildman–Crippen LogP) is 4.08. The van der Waals surface area contributed by atoms with E-state index in [1.165, 1.54) is 40.9 Å². The summed E-state index contributed by atoms with van der Waals surface area (Å²) in [5.74, 6) is -1.29. The van der Waals surface area contributed by atoms with Gasteiger partial charge in [0, 0.05) is 18.7 Å². The minimum atomic E-state index is -1.03. The molecule has 1 saturated heterocycles.